The topological polar surface area (TPSA) is 13.1 Å². The molecule has 94 valence electrons. The fourth-order valence-electron chi connectivity index (χ4n) is 2.59. The molecule has 4 rings (SSSR count). The third-order valence-electron chi connectivity index (χ3n) is 3.49. The molecule has 0 spiro atoms. The molecule has 0 saturated carbocycles. The van der Waals surface area contributed by atoms with Crippen molar-refractivity contribution >= 4 is 33.7 Å². The Morgan fingerprint density at radius 1 is 0.950 bits per heavy atom. The van der Waals surface area contributed by atoms with Crippen LogP contribution in [0.3, 0.4) is 0 Å². The van der Waals surface area contributed by atoms with Crippen molar-refractivity contribution in [2.45, 2.75) is 0 Å². The van der Waals surface area contributed by atoms with E-state index in [0.29, 0.717) is 5.03 Å². The summed E-state index contributed by atoms with van der Waals surface area (Å²) in [6, 6.07) is 16.4. The van der Waals surface area contributed by atoms with E-state index < -0.39 is 0 Å². The van der Waals surface area contributed by atoms with Crippen LogP contribution in [0, 0.1) is 6.08 Å². The van der Waals surface area contributed by atoms with Gasteiger partial charge in [-0.2, -0.15) is 0 Å². The number of hydrogen-bond acceptors (Lipinski definition) is 1. The van der Waals surface area contributed by atoms with Crippen molar-refractivity contribution in [3.63, 3.8) is 0 Å². The second-order valence-corrected chi connectivity index (χ2v) is 5.10. The average Bonchev–Trinajstić information content (AvgIpc) is 2.88. The first-order valence-electron chi connectivity index (χ1n) is 6.41. The van der Waals surface area contributed by atoms with E-state index in [0.717, 1.165) is 33.4 Å². The Hall–Kier alpha value is -2.34. The molecule has 0 aliphatic heterocycles. The molecule has 0 radical (unpaired) electrons. The molecule has 0 saturated heterocycles. The van der Waals surface area contributed by atoms with Crippen LogP contribution >= 0.6 is 11.6 Å². The molecule has 0 unspecified atom stereocenters. The molecule has 1 aliphatic rings. The Morgan fingerprint density at radius 2 is 1.80 bits per heavy atom. The second-order valence-electron chi connectivity index (χ2n) is 4.69. The van der Waals surface area contributed by atoms with E-state index in [1.165, 1.54) is 0 Å². The number of fused-ring (bicyclic) bond motifs is 3. The van der Waals surface area contributed by atoms with E-state index in [1.807, 2.05) is 36.4 Å². The third-order valence-corrected chi connectivity index (χ3v) is 3.79. The summed E-state index contributed by atoms with van der Waals surface area (Å²) in [5, 5.41) is 1.71. The minimum Gasteiger partial charge on any atom is -0.395 e. The number of hydrogen-bond donors (Lipinski definition) is 0. The highest BCUT2D eigenvalue weighted by Crippen LogP contribution is 2.40. The molecule has 3 aromatic rings. The molecule has 0 bridgehead atoms. The zero-order chi connectivity index (χ0) is 13.5. The molecule has 1 aliphatic carbocycles. The summed E-state index contributed by atoms with van der Waals surface area (Å²) >= 11 is 6.28. The highest BCUT2D eigenvalue weighted by Gasteiger charge is 2.27. The number of halogens is 1. The van der Waals surface area contributed by atoms with E-state index in [1.54, 1.807) is 6.08 Å². The van der Waals surface area contributed by atoms with Gasteiger partial charge in [-0.25, -0.2) is 0 Å². The summed E-state index contributed by atoms with van der Waals surface area (Å²) in [6.07, 6.45) is 6.60. The Labute approximate surface area is 121 Å². The van der Waals surface area contributed by atoms with Crippen molar-refractivity contribution in [3.05, 3.63) is 72.0 Å². The van der Waals surface area contributed by atoms with Gasteiger partial charge < -0.3 is 4.42 Å². The lowest BCUT2D eigenvalue weighted by Crippen LogP contribution is -1.83. The number of para-hydroxylation sites is 1. The van der Waals surface area contributed by atoms with Gasteiger partial charge in [0.25, 0.3) is 5.76 Å². The first-order chi connectivity index (χ1) is 9.84. The Morgan fingerprint density at radius 3 is 2.65 bits per heavy atom. The lowest BCUT2D eigenvalue weighted by atomic mass is 10.0. The normalized spacial score (nSPS) is 12.9. The standard InChI is InChI=1S/C18H10ClO/c19-15-10-5-11-16-17(15)14-9-4-8-13(18(14)20-16)12-6-2-1-3-7-12/h1-4,6-11H/q+1. The van der Waals surface area contributed by atoms with Crippen LogP contribution in [0.15, 0.2) is 59.0 Å². The van der Waals surface area contributed by atoms with Crippen molar-refractivity contribution < 1.29 is 4.42 Å². The van der Waals surface area contributed by atoms with Gasteiger partial charge in [0.2, 0.25) is 0 Å². The van der Waals surface area contributed by atoms with Gasteiger partial charge in [0.15, 0.2) is 16.2 Å². The molecule has 1 heterocycles. The molecular formula is C18H10ClO+. The monoisotopic (exact) mass is 277 g/mol. The lowest BCUT2D eigenvalue weighted by Gasteiger charge is -2.01. The molecule has 1 aromatic heterocycles. The SMILES string of the molecule is ClC1=C[C+]=Cc2oc3c(-c4ccccc4)cccc3c21. The highest BCUT2D eigenvalue weighted by atomic mass is 35.5. The van der Waals surface area contributed by atoms with Crippen LogP contribution in [-0.2, 0) is 0 Å². The van der Waals surface area contributed by atoms with Gasteiger partial charge in [0.1, 0.15) is 12.2 Å². The zero-order valence-electron chi connectivity index (χ0n) is 10.6. The van der Waals surface area contributed by atoms with Crippen LogP contribution in [0.4, 0.5) is 0 Å². The Bertz CT molecular complexity index is 854. The van der Waals surface area contributed by atoms with Crippen LogP contribution in [0.25, 0.3) is 33.2 Å². The number of benzene rings is 2. The van der Waals surface area contributed by atoms with Crippen molar-refractivity contribution in [1.82, 2.24) is 0 Å². The van der Waals surface area contributed by atoms with E-state index in [9.17, 15) is 0 Å². The minimum atomic E-state index is 0.673. The number of rotatable bonds is 1. The lowest BCUT2D eigenvalue weighted by molar-refractivity contribution is 0.603. The predicted octanol–water partition coefficient (Wildman–Crippen LogP) is 5.51. The molecule has 2 aromatic carbocycles. The summed E-state index contributed by atoms with van der Waals surface area (Å²) in [5.74, 6) is 0.774. The summed E-state index contributed by atoms with van der Waals surface area (Å²) in [4.78, 5) is 0. The van der Waals surface area contributed by atoms with Gasteiger partial charge in [-0.15, -0.1) is 0 Å². The molecule has 0 atom stereocenters. The number of furan rings is 1. The average molecular weight is 278 g/mol. The largest absolute Gasteiger partial charge is 0.395 e. The smallest absolute Gasteiger partial charge is 0.251 e. The summed E-state index contributed by atoms with van der Waals surface area (Å²) in [7, 11) is 0. The van der Waals surface area contributed by atoms with Crippen molar-refractivity contribution in [2.75, 3.05) is 0 Å². The third kappa shape index (κ3) is 1.61. The van der Waals surface area contributed by atoms with Crippen molar-refractivity contribution in [2.24, 2.45) is 0 Å². The van der Waals surface area contributed by atoms with Gasteiger partial charge in [0, 0.05) is 23.2 Å². The van der Waals surface area contributed by atoms with E-state index in [-0.39, 0.29) is 0 Å². The van der Waals surface area contributed by atoms with Crippen LogP contribution in [0.1, 0.15) is 11.3 Å². The fourth-order valence-corrected chi connectivity index (χ4v) is 2.85. The van der Waals surface area contributed by atoms with Crippen LogP contribution in [-0.4, -0.2) is 0 Å². The summed E-state index contributed by atoms with van der Waals surface area (Å²) < 4.78 is 6.00. The van der Waals surface area contributed by atoms with E-state index in [4.69, 9.17) is 16.0 Å². The first-order valence-corrected chi connectivity index (χ1v) is 6.78. The van der Waals surface area contributed by atoms with E-state index >= 15 is 0 Å². The van der Waals surface area contributed by atoms with Crippen LogP contribution in [0.5, 0.6) is 0 Å². The molecule has 0 amide bonds. The van der Waals surface area contributed by atoms with Gasteiger partial charge in [-0.1, -0.05) is 42.5 Å². The maximum atomic E-state index is 6.28. The first kappa shape index (κ1) is 11.5. The number of allylic oxidation sites excluding steroid dienone is 2. The van der Waals surface area contributed by atoms with E-state index in [2.05, 4.69) is 24.3 Å². The fraction of sp³-hybridized carbons (Fsp3) is 0. The van der Waals surface area contributed by atoms with Gasteiger partial charge in [-0.05, 0) is 11.6 Å². The second kappa shape index (κ2) is 4.35. The maximum Gasteiger partial charge on any atom is 0.251 e. The molecular weight excluding hydrogens is 268 g/mol. The zero-order valence-corrected chi connectivity index (χ0v) is 11.3. The molecule has 2 heteroatoms. The van der Waals surface area contributed by atoms with Gasteiger partial charge in [0.05, 0.1) is 5.39 Å². The molecule has 0 fully saturated rings. The van der Waals surface area contributed by atoms with Crippen LogP contribution in [0.2, 0.25) is 0 Å². The molecule has 0 N–H and O–H groups in total. The minimum absolute atomic E-state index is 0.673. The summed E-state index contributed by atoms with van der Waals surface area (Å²) in [5.41, 5.74) is 4.04. The Balaban J connectivity index is 2.07. The van der Waals surface area contributed by atoms with Crippen molar-refractivity contribution in [1.29, 1.82) is 0 Å². The van der Waals surface area contributed by atoms with Crippen LogP contribution < -0.4 is 0 Å². The van der Waals surface area contributed by atoms with Gasteiger partial charge in [-0.3, -0.25) is 0 Å². The highest BCUT2D eigenvalue weighted by molar-refractivity contribution is 6.50. The molecule has 1 nitrogen and oxygen atoms in total. The molecule has 20 heavy (non-hydrogen) atoms. The maximum absolute atomic E-state index is 6.28. The predicted molar refractivity (Wildman–Crippen MR) is 83.2 cm³/mol. The van der Waals surface area contributed by atoms with Gasteiger partial charge >= 0.3 is 0 Å². The quantitative estimate of drug-likeness (QED) is 0.535. The van der Waals surface area contributed by atoms with Crippen molar-refractivity contribution in [3.8, 4) is 11.1 Å². The summed E-state index contributed by atoms with van der Waals surface area (Å²) in [6.45, 7) is 0. The Kier molecular flexibility index (Phi) is 2.50.